The molecule has 144 valence electrons. The van der Waals surface area contributed by atoms with E-state index in [4.69, 9.17) is 4.74 Å². The summed E-state index contributed by atoms with van der Waals surface area (Å²) < 4.78 is 32.4. The summed E-state index contributed by atoms with van der Waals surface area (Å²) in [7, 11) is -3.51. The van der Waals surface area contributed by atoms with E-state index < -0.39 is 16.0 Å². The summed E-state index contributed by atoms with van der Waals surface area (Å²) in [6, 6.07) is 13.8. The number of aryl methyl sites for hydroxylation is 1. The third-order valence-corrected chi connectivity index (χ3v) is 6.66. The number of esters is 1. The van der Waals surface area contributed by atoms with Gasteiger partial charge in [-0.15, -0.1) is 0 Å². The van der Waals surface area contributed by atoms with Gasteiger partial charge in [0.05, 0.1) is 10.5 Å². The molecule has 0 saturated carbocycles. The summed E-state index contributed by atoms with van der Waals surface area (Å²) in [5.74, 6) is -0.463. The van der Waals surface area contributed by atoms with Crippen LogP contribution < -0.4 is 0 Å². The van der Waals surface area contributed by atoms with E-state index in [1.54, 1.807) is 4.31 Å². The first-order valence-electron chi connectivity index (χ1n) is 9.30. The second kappa shape index (κ2) is 8.67. The van der Waals surface area contributed by atoms with Gasteiger partial charge in [0.2, 0.25) is 10.0 Å². The molecule has 1 saturated heterocycles. The number of ether oxygens (including phenoxy) is 1. The minimum absolute atomic E-state index is 0.189. The number of hydrogen-bond acceptors (Lipinski definition) is 4. The number of sulfonamides is 1. The fourth-order valence-corrected chi connectivity index (χ4v) is 4.75. The van der Waals surface area contributed by atoms with Gasteiger partial charge in [-0.3, -0.25) is 0 Å². The van der Waals surface area contributed by atoms with E-state index in [-0.39, 0.29) is 11.5 Å². The van der Waals surface area contributed by atoms with Gasteiger partial charge in [0.15, 0.2) is 0 Å². The molecule has 1 heterocycles. The lowest BCUT2D eigenvalue weighted by Crippen LogP contribution is -2.31. The molecule has 1 aliphatic heterocycles. The first-order valence-corrected chi connectivity index (χ1v) is 10.7. The highest BCUT2D eigenvalue weighted by Crippen LogP contribution is 2.21. The molecule has 0 aromatic heterocycles. The molecule has 0 aliphatic carbocycles. The molecule has 0 unspecified atom stereocenters. The molecule has 0 atom stereocenters. The van der Waals surface area contributed by atoms with Gasteiger partial charge < -0.3 is 4.74 Å². The molecule has 0 radical (unpaired) electrons. The molecule has 3 rings (SSSR count). The minimum Gasteiger partial charge on any atom is -0.457 e. The topological polar surface area (TPSA) is 63.7 Å². The summed E-state index contributed by atoms with van der Waals surface area (Å²) >= 11 is 0. The Hall–Kier alpha value is -2.18. The van der Waals surface area contributed by atoms with E-state index in [0.29, 0.717) is 18.7 Å². The van der Waals surface area contributed by atoms with Gasteiger partial charge in [-0.2, -0.15) is 4.31 Å². The van der Waals surface area contributed by atoms with Crippen molar-refractivity contribution in [1.29, 1.82) is 0 Å². The highest BCUT2D eigenvalue weighted by Gasteiger charge is 2.25. The molecule has 2 aromatic rings. The largest absolute Gasteiger partial charge is 0.457 e. The fraction of sp³-hybridized carbons (Fsp3) is 0.381. The summed E-state index contributed by atoms with van der Waals surface area (Å²) in [4.78, 5) is 12.5. The van der Waals surface area contributed by atoms with E-state index in [0.717, 1.165) is 36.8 Å². The van der Waals surface area contributed by atoms with E-state index >= 15 is 0 Å². The standard InChI is InChI=1S/C21H25NO4S/c1-17-7-6-8-18(15-17)16-26-21(23)19-9-11-20(12-10-19)27(24,25)22-13-4-2-3-5-14-22/h6-12,15H,2-5,13-14,16H2,1H3. The van der Waals surface area contributed by atoms with Crippen molar-refractivity contribution in [3.8, 4) is 0 Å². The van der Waals surface area contributed by atoms with Crippen LogP contribution in [0.25, 0.3) is 0 Å². The lowest BCUT2D eigenvalue weighted by atomic mass is 10.1. The summed E-state index contributed by atoms with van der Waals surface area (Å²) in [6.07, 6.45) is 3.92. The maximum Gasteiger partial charge on any atom is 0.338 e. The Bertz CT molecular complexity index is 883. The van der Waals surface area contributed by atoms with Crippen molar-refractivity contribution < 1.29 is 17.9 Å². The second-order valence-electron chi connectivity index (χ2n) is 6.91. The molecule has 5 nitrogen and oxygen atoms in total. The van der Waals surface area contributed by atoms with Crippen LogP contribution in [0.4, 0.5) is 0 Å². The Labute approximate surface area is 161 Å². The van der Waals surface area contributed by atoms with Crippen molar-refractivity contribution in [2.24, 2.45) is 0 Å². The maximum absolute atomic E-state index is 12.8. The molecule has 27 heavy (non-hydrogen) atoms. The molecule has 1 fully saturated rings. The molecule has 0 bridgehead atoms. The van der Waals surface area contributed by atoms with Gasteiger partial charge in [-0.25, -0.2) is 13.2 Å². The third kappa shape index (κ3) is 4.96. The molecular formula is C21H25NO4S. The smallest absolute Gasteiger partial charge is 0.338 e. The van der Waals surface area contributed by atoms with Gasteiger partial charge in [-0.1, -0.05) is 42.7 Å². The molecule has 0 amide bonds. The average molecular weight is 388 g/mol. The van der Waals surface area contributed by atoms with Crippen LogP contribution in [0.1, 0.15) is 47.2 Å². The van der Waals surface area contributed by atoms with Crippen LogP contribution in [0.5, 0.6) is 0 Å². The minimum atomic E-state index is -3.51. The molecule has 2 aromatic carbocycles. The number of benzene rings is 2. The SMILES string of the molecule is Cc1cccc(COC(=O)c2ccc(S(=O)(=O)N3CCCCCC3)cc2)c1. The Balaban J connectivity index is 1.66. The second-order valence-corrected chi connectivity index (χ2v) is 8.85. The van der Waals surface area contributed by atoms with Crippen molar-refractivity contribution in [3.63, 3.8) is 0 Å². The quantitative estimate of drug-likeness (QED) is 0.730. The number of hydrogen-bond donors (Lipinski definition) is 0. The normalized spacial score (nSPS) is 15.9. The van der Waals surface area contributed by atoms with Gasteiger partial charge in [0.1, 0.15) is 6.61 Å². The highest BCUT2D eigenvalue weighted by atomic mass is 32.2. The Kier molecular flexibility index (Phi) is 6.29. The zero-order valence-electron chi connectivity index (χ0n) is 15.6. The average Bonchev–Trinajstić information content (AvgIpc) is 2.96. The van der Waals surface area contributed by atoms with Crippen molar-refractivity contribution in [2.75, 3.05) is 13.1 Å². The van der Waals surface area contributed by atoms with Crippen molar-refractivity contribution in [3.05, 3.63) is 65.2 Å². The summed E-state index contributed by atoms with van der Waals surface area (Å²) in [5.41, 5.74) is 2.37. The highest BCUT2D eigenvalue weighted by molar-refractivity contribution is 7.89. The summed E-state index contributed by atoms with van der Waals surface area (Å²) in [6.45, 7) is 3.29. The Morgan fingerprint density at radius 3 is 2.30 bits per heavy atom. The molecule has 6 heteroatoms. The van der Waals surface area contributed by atoms with Gasteiger partial charge >= 0.3 is 5.97 Å². The Morgan fingerprint density at radius 2 is 1.67 bits per heavy atom. The maximum atomic E-state index is 12.8. The van der Waals surface area contributed by atoms with Crippen LogP contribution >= 0.6 is 0 Å². The lowest BCUT2D eigenvalue weighted by Gasteiger charge is -2.20. The zero-order chi connectivity index (χ0) is 19.3. The van der Waals surface area contributed by atoms with Crippen LogP contribution in [-0.4, -0.2) is 31.8 Å². The predicted octanol–water partition coefficient (Wildman–Crippen LogP) is 3.92. The van der Waals surface area contributed by atoms with Crippen LogP contribution in [0.2, 0.25) is 0 Å². The molecule has 0 N–H and O–H groups in total. The van der Waals surface area contributed by atoms with Crippen LogP contribution in [0, 0.1) is 6.92 Å². The van der Waals surface area contributed by atoms with Gasteiger partial charge in [0.25, 0.3) is 0 Å². The number of rotatable bonds is 5. The van der Waals surface area contributed by atoms with Crippen LogP contribution in [0.3, 0.4) is 0 Å². The van der Waals surface area contributed by atoms with Crippen molar-refractivity contribution in [2.45, 2.75) is 44.1 Å². The van der Waals surface area contributed by atoms with Crippen molar-refractivity contribution >= 4 is 16.0 Å². The first kappa shape index (κ1) is 19.6. The number of carbonyl (C=O) groups is 1. The fourth-order valence-electron chi connectivity index (χ4n) is 3.23. The number of carbonyl (C=O) groups excluding carboxylic acids is 1. The zero-order valence-corrected chi connectivity index (χ0v) is 16.4. The van der Waals surface area contributed by atoms with Crippen LogP contribution in [-0.2, 0) is 21.4 Å². The molecule has 1 aliphatic rings. The predicted molar refractivity (Wildman–Crippen MR) is 104 cm³/mol. The first-order chi connectivity index (χ1) is 13.0. The molecule has 0 spiro atoms. The van der Waals surface area contributed by atoms with E-state index in [1.807, 2.05) is 31.2 Å². The Morgan fingerprint density at radius 1 is 1.00 bits per heavy atom. The van der Waals surface area contributed by atoms with E-state index in [2.05, 4.69) is 0 Å². The van der Waals surface area contributed by atoms with E-state index in [9.17, 15) is 13.2 Å². The van der Waals surface area contributed by atoms with Gasteiger partial charge in [-0.05, 0) is 49.6 Å². The number of nitrogens with zero attached hydrogens (tertiary/aromatic N) is 1. The summed E-state index contributed by atoms with van der Waals surface area (Å²) in [5, 5.41) is 0. The monoisotopic (exact) mass is 387 g/mol. The lowest BCUT2D eigenvalue weighted by molar-refractivity contribution is 0.0472. The van der Waals surface area contributed by atoms with E-state index in [1.165, 1.54) is 24.3 Å². The third-order valence-electron chi connectivity index (χ3n) is 4.75. The van der Waals surface area contributed by atoms with Crippen LogP contribution in [0.15, 0.2) is 53.4 Å². The molecular weight excluding hydrogens is 362 g/mol. The van der Waals surface area contributed by atoms with Crippen molar-refractivity contribution in [1.82, 2.24) is 4.31 Å². The van der Waals surface area contributed by atoms with Gasteiger partial charge in [0, 0.05) is 13.1 Å².